The second-order valence-corrected chi connectivity index (χ2v) is 9.49. The first-order valence-electron chi connectivity index (χ1n) is 12.4. The Morgan fingerprint density at radius 2 is 1.74 bits per heavy atom. The summed E-state index contributed by atoms with van der Waals surface area (Å²) < 4.78 is 5.31. The van der Waals surface area contributed by atoms with E-state index in [4.69, 9.17) is 4.74 Å². The summed E-state index contributed by atoms with van der Waals surface area (Å²) in [5.41, 5.74) is 3.20. The van der Waals surface area contributed by atoms with Crippen LogP contribution in [-0.4, -0.2) is 47.8 Å². The zero-order chi connectivity index (χ0) is 24.4. The molecule has 182 valence electrons. The highest BCUT2D eigenvalue weighted by molar-refractivity contribution is 6.05. The van der Waals surface area contributed by atoms with Gasteiger partial charge in [-0.15, -0.1) is 0 Å². The number of nitrogens with one attached hydrogen (secondary N) is 2. The number of benzene rings is 2. The summed E-state index contributed by atoms with van der Waals surface area (Å²) in [7, 11) is 1.64. The van der Waals surface area contributed by atoms with Crippen molar-refractivity contribution < 1.29 is 19.1 Å². The number of H-pyrrole nitrogens is 1. The van der Waals surface area contributed by atoms with Gasteiger partial charge in [-0.3, -0.25) is 19.3 Å². The zero-order valence-electron chi connectivity index (χ0n) is 20.0. The van der Waals surface area contributed by atoms with Gasteiger partial charge in [0.05, 0.1) is 18.9 Å². The second kappa shape index (κ2) is 9.94. The standard InChI is InChI=1S/C28H31N3O4/c1-35-19-12-10-18(11-13-19)23(24-17-29-25-9-5-4-6-20(24)25)16-30-26(32)14-15-31-27(33)21-7-2-3-8-22(21)28(31)34/h4-6,9-13,17,21-23,29H,2-3,7-8,14-16H2,1H3,(H,30,32). The van der Waals surface area contributed by atoms with Crippen molar-refractivity contribution in [2.75, 3.05) is 20.2 Å². The first-order valence-corrected chi connectivity index (χ1v) is 12.4. The zero-order valence-corrected chi connectivity index (χ0v) is 20.0. The Hall–Kier alpha value is -3.61. The lowest BCUT2D eigenvalue weighted by Crippen LogP contribution is -2.36. The van der Waals surface area contributed by atoms with Gasteiger partial charge in [-0.25, -0.2) is 0 Å². The minimum Gasteiger partial charge on any atom is -0.497 e. The lowest BCUT2D eigenvalue weighted by Gasteiger charge is -2.19. The van der Waals surface area contributed by atoms with Crippen LogP contribution in [0.1, 0.15) is 49.1 Å². The fourth-order valence-corrected chi connectivity index (χ4v) is 5.59. The van der Waals surface area contributed by atoms with Crippen molar-refractivity contribution in [1.82, 2.24) is 15.2 Å². The van der Waals surface area contributed by atoms with E-state index in [1.807, 2.05) is 48.7 Å². The van der Waals surface area contributed by atoms with E-state index in [2.05, 4.69) is 16.4 Å². The van der Waals surface area contributed by atoms with Gasteiger partial charge in [-0.2, -0.15) is 0 Å². The van der Waals surface area contributed by atoms with Gasteiger partial charge in [0.2, 0.25) is 17.7 Å². The number of carbonyl (C=O) groups excluding carboxylic acids is 3. The average molecular weight is 474 g/mol. The number of hydrogen-bond acceptors (Lipinski definition) is 4. The minimum atomic E-state index is -0.180. The Kier molecular flexibility index (Phi) is 6.57. The molecule has 0 bridgehead atoms. The number of para-hydroxylation sites is 1. The first kappa shape index (κ1) is 23.1. The van der Waals surface area contributed by atoms with Crippen molar-refractivity contribution in [2.45, 2.75) is 38.0 Å². The Morgan fingerprint density at radius 1 is 1.06 bits per heavy atom. The second-order valence-electron chi connectivity index (χ2n) is 9.49. The van der Waals surface area contributed by atoms with Crippen LogP contribution >= 0.6 is 0 Å². The number of aromatic nitrogens is 1. The van der Waals surface area contributed by atoms with Crippen molar-refractivity contribution in [3.63, 3.8) is 0 Å². The van der Waals surface area contributed by atoms with E-state index in [9.17, 15) is 14.4 Å². The molecule has 1 aromatic heterocycles. The molecule has 7 nitrogen and oxygen atoms in total. The predicted molar refractivity (Wildman–Crippen MR) is 133 cm³/mol. The van der Waals surface area contributed by atoms with Crippen LogP contribution in [0.5, 0.6) is 5.75 Å². The number of carbonyl (C=O) groups is 3. The summed E-state index contributed by atoms with van der Waals surface area (Å²) in [6.07, 6.45) is 5.66. The highest BCUT2D eigenvalue weighted by atomic mass is 16.5. The summed E-state index contributed by atoms with van der Waals surface area (Å²) in [5.74, 6) is -0.0141. The van der Waals surface area contributed by atoms with Gasteiger partial charge in [0.25, 0.3) is 0 Å². The van der Waals surface area contributed by atoms with Gasteiger partial charge in [-0.1, -0.05) is 43.2 Å². The van der Waals surface area contributed by atoms with E-state index in [1.165, 1.54) is 4.90 Å². The molecule has 3 unspecified atom stereocenters. The van der Waals surface area contributed by atoms with E-state index in [0.29, 0.717) is 6.54 Å². The summed E-state index contributed by atoms with van der Waals surface area (Å²) in [4.78, 5) is 42.9. The van der Waals surface area contributed by atoms with Crippen molar-refractivity contribution in [3.05, 3.63) is 65.9 Å². The highest BCUT2D eigenvalue weighted by Crippen LogP contribution is 2.38. The van der Waals surface area contributed by atoms with Crippen LogP contribution in [0.4, 0.5) is 0 Å². The lowest BCUT2D eigenvalue weighted by atomic mass is 9.81. The Bertz CT molecular complexity index is 1210. The van der Waals surface area contributed by atoms with Crippen LogP contribution in [0.2, 0.25) is 0 Å². The molecule has 2 heterocycles. The number of nitrogens with zero attached hydrogens (tertiary/aromatic N) is 1. The molecular formula is C28H31N3O4. The number of likely N-dealkylation sites (tertiary alicyclic amines) is 1. The molecule has 3 atom stereocenters. The van der Waals surface area contributed by atoms with Crippen LogP contribution in [0.15, 0.2) is 54.7 Å². The smallest absolute Gasteiger partial charge is 0.233 e. The molecular weight excluding hydrogens is 442 g/mol. The molecule has 1 aliphatic heterocycles. The van der Waals surface area contributed by atoms with E-state index < -0.39 is 0 Å². The molecule has 2 aliphatic rings. The number of aromatic amines is 1. The first-order chi connectivity index (χ1) is 17.1. The molecule has 2 aromatic carbocycles. The quantitative estimate of drug-likeness (QED) is 0.484. The number of methoxy groups -OCH3 is 1. The maximum Gasteiger partial charge on any atom is 0.233 e. The molecule has 5 rings (SSSR count). The molecule has 1 saturated heterocycles. The topological polar surface area (TPSA) is 91.5 Å². The number of imide groups is 1. The SMILES string of the molecule is COc1ccc(C(CNC(=O)CCN2C(=O)C3CCCCC3C2=O)c2c[nH]c3ccccc23)cc1. The van der Waals surface area contributed by atoms with E-state index >= 15 is 0 Å². The molecule has 0 radical (unpaired) electrons. The molecule has 3 aromatic rings. The number of fused-ring (bicyclic) bond motifs is 2. The number of ether oxygens (including phenoxy) is 1. The molecule has 3 amide bonds. The maximum absolute atomic E-state index is 12.8. The molecule has 2 N–H and O–H groups in total. The molecule has 2 fully saturated rings. The van der Waals surface area contributed by atoms with Crippen molar-refractivity contribution in [3.8, 4) is 5.75 Å². The largest absolute Gasteiger partial charge is 0.497 e. The summed E-state index contributed by atoms with van der Waals surface area (Å²) in [6, 6.07) is 16.0. The summed E-state index contributed by atoms with van der Waals surface area (Å²) in [6.45, 7) is 0.553. The van der Waals surface area contributed by atoms with Crippen LogP contribution in [-0.2, 0) is 14.4 Å². The fourth-order valence-electron chi connectivity index (χ4n) is 5.59. The third-order valence-corrected chi connectivity index (χ3v) is 7.51. The van der Waals surface area contributed by atoms with Gasteiger partial charge in [-0.05, 0) is 42.2 Å². The minimum absolute atomic E-state index is 0.0704. The normalized spacial score (nSPS) is 20.7. The van der Waals surface area contributed by atoms with Gasteiger partial charge >= 0.3 is 0 Å². The van der Waals surface area contributed by atoms with Crippen molar-refractivity contribution in [2.24, 2.45) is 11.8 Å². The Balaban J connectivity index is 1.28. The van der Waals surface area contributed by atoms with E-state index in [-0.39, 0.29) is 48.4 Å². The monoisotopic (exact) mass is 473 g/mol. The van der Waals surface area contributed by atoms with Gasteiger partial charge in [0, 0.05) is 42.5 Å². The summed E-state index contributed by atoms with van der Waals surface area (Å²) in [5, 5.41) is 4.16. The van der Waals surface area contributed by atoms with E-state index in [0.717, 1.165) is 53.5 Å². The van der Waals surface area contributed by atoms with Crippen molar-refractivity contribution >= 4 is 28.6 Å². The molecule has 35 heavy (non-hydrogen) atoms. The maximum atomic E-state index is 12.8. The average Bonchev–Trinajstić information content (AvgIpc) is 3.42. The highest BCUT2D eigenvalue weighted by Gasteiger charge is 2.47. The van der Waals surface area contributed by atoms with Crippen LogP contribution < -0.4 is 10.1 Å². The number of amides is 3. The van der Waals surface area contributed by atoms with Gasteiger partial charge in [0.1, 0.15) is 5.75 Å². The summed E-state index contributed by atoms with van der Waals surface area (Å²) >= 11 is 0. The number of rotatable bonds is 8. The van der Waals surface area contributed by atoms with Crippen LogP contribution in [0.25, 0.3) is 10.9 Å². The molecule has 7 heteroatoms. The lowest BCUT2D eigenvalue weighted by molar-refractivity contribution is -0.140. The third-order valence-electron chi connectivity index (χ3n) is 7.51. The molecule has 0 spiro atoms. The Morgan fingerprint density at radius 3 is 2.43 bits per heavy atom. The van der Waals surface area contributed by atoms with Gasteiger partial charge < -0.3 is 15.0 Å². The predicted octanol–water partition coefficient (Wildman–Crippen LogP) is 3.99. The molecule has 1 aliphatic carbocycles. The number of hydrogen-bond donors (Lipinski definition) is 2. The van der Waals surface area contributed by atoms with Crippen LogP contribution in [0, 0.1) is 11.8 Å². The van der Waals surface area contributed by atoms with E-state index in [1.54, 1.807) is 7.11 Å². The molecule has 1 saturated carbocycles. The van der Waals surface area contributed by atoms with Gasteiger partial charge in [0.15, 0.2) is 0 Å². The fraction of sp³-hybridized carbons (Fsp3) is 0.393. The third kappa shape index (κ3) is 4.55. The van der Waals surface area contributed by atoms with Crippen LogP contribution in [0.3, 0.4) is 0 Å². The Labute approximate surface area is 204 Å². The van der Waals surface area contributed by atoms with Crippen molar-refractivity contribution in [1.29, 1.82) is 0 Å².